The monoisotopic (exact) mass is 740 g/mol. The molecule has 0 bridgehead atoms. The number of alkyl carbamates (subject to hydrolysis) is 1. The minimum absolute atomic E-state index is 0.0399. The van der Waals surface area contributed by atoms with Crippen LogP contribution >= 0.6 is 11.6 Å². The largest absolute Gasteiger partial charge is 0.493 e. The van der Waals surface area contributed by atoms with Crippen LogP contribution in [0.2, 0.25) is 5.02 Å². The SMILES string of the molecule is CCOc1cccc(F)c1CN1CCN(C(=O)[C@H](NC(=O)OCc2ccccc2)C2CCN(CCc3cc(Cl)ccc3-c3ccccc3C)CC2)CC1. The number of halogens is 2. The molecule has 2 amide bonds. The van der Waals surface area contributed by atoms with Crippen molar-refractivity contribution >= 4 is 23.6 Å². The molecule has 4 aromatic rings. The van der Waals surface area contributed by atoms with E-state index in [1.54, 1.807) is 12.1 Å². The highest BCUT2D eigenvalue weighted by atomic mass is 35.5. The van der Waals surface area contributed by atoms with Crippen LogP contribution in [0.25, 0.3) is 11.1 Å². The number of piperazine rings is 1. The molecule has 0 unspecified atom stereocenters. The molecule has 4 aromatic carbocycles. The lowest BCUT2D eigenvalue weighted by Gasteiger charge is -2.40. The van der Waals surface area contributed by atoms with Crippen LogP contribution in [0.1, 0.15) is 42.0 Å². The average molecular weight is 741 g/mol. The minimum Gasteiger partial charge on any atom is -0.493 e. The van der Waals surface area contributed by atoms with E-state index in [4.69, 9.17) is 21.1 Å². The highest BCUT2D eigenvalue weighted by molar-refractivity contribution is 6.30. The van der Waals surface area contributed by atoms with E-state index in [9.17, 15) is 14.0 Å². The zero-order valence-electron chi connectivity index (χ0n) is 30.7. The number of carbonyl (C=O) groups is 2. The molecule has 6 rings (SSSR count). The molecule has 2 aliphatic rings. The molecule has 0 aromatic heterocycles. The third-order valence-corrected chi connectivity index (χ3v) is 10.7. The summed E-state index contributed by atoms with van der Waals surface area (Å²) in [5, 5.41) is 3.71. The number of nitrogens with zero attached hydrogens (tertiary/aromatic N) is 3. The summed E-state index contributed by atoms with van der Waals surface area (Å²) in [5.41, 5.74) is 6.27. The minimum atomic E-state index is -0.705. The first-order chi connectivity index (χ1) is 25.8. The molecular formula is C43H50ClFN4O4. The number of amides is 2. The van der Waals surface area contributed by atoms with Gasteiger partial charge in [0, 0.05) is 49.9 Å². The van der Waals surface area contributed by atoms with Gasteiger partial charge in [-0.1, -0.05) is 78.3 Å². The van der Waals surface area contributed by atoms with Crippen molar-refractivity contribution in [3.05, 3.63) is 124 Å². The van der Waals surface area contributed by atoms with Gasteiger partial charge in [0.2, 0.25) is 5.91 Å². The van der Waals surface area contributed by atoms with Crippen LogP contribution in [0.3, 0.4) is 0 Å². The van der Waals surface area contributed by atoms with Crippen molar-refractivity contribution < 1.29 is 23.5 Å². The Labute approximate surface area is 317 Å². The quantitative estimate of drug-likeness (QED) is 0.151. The van der Waals surface area contributed by atoms with Crippen molar-refractivity contribution in [1.82, 2.24) is 20.0 Å². The second kappa shape index (κ2) is 18.5. The highest BCUT2D eigenvalue weighted by Gasteiger charge is 2.37. The van der Waals surface area contributed by atoms with Crippen LogP contribution in [-0.4, -0.2) is 85.2 Å². The number of aryl methyl sites for hydroxylation is 1. The molecule has 1 N–H and O–H groups in total. The predicted octanol–water partition coefficient (Wildman–Crippen LogP) is 7.75. The second-order valence-electron chi connectivity index (χ2n) is 14.0. The standard InChI is InChI=1S/C43H50ClFN4O4/c1-3-52-40-15-9-14-39(45)38(40)29-48-24-26-49(27-25-48)42(50)41(46-43(51)53-30-32-11-5-4-6-12-32)33-18-21-47(22-19-33)23-20-34-28-35(44)16-17-37(34)36-13-8-7-10-31(36)2/h4-17,28,33,41H,3,18-27,29-30H2,1-2H3,(H,46,51)/t41-/m1/s1. The van der Waals surface area contributed by atoms with Crippen molar-refractivity contribution in [2.45, 2.75) is 52.3 Å². The Kier molecular flexibility index (Phi) is 13.4. The molecule has 53 heavy (non-hydrogen) atoms. The summed E-state index contributed by atoms with van der Waals surface area (Å²) in [4.78, 5) is 33.8. The van der Waals surface area contributed by atoms with Crippen LogP contribution < -0.4 is 10.1 Å². The van der Waals surface area contributed by atoms with E-state index in [1.165, 1.54) is 28.3 Å². The number of hydrogen-bond acceptors (Lipinski definition) is 6. The fraction of sp³-hybridized carbons (Fsp3) is 0.395. The van der Waals surface area contributed by atoms with E-state index in [-0.39, 0.29) is 24.2 Å². The second-order valence-corrected chi connectivity index (χ2v) is 14.4. The number of benzene rings is 4. The molecule has 280 valence electrons. The Hall–Kier alpha value is -4.44. The van der Waals surface area contributed by atoms with Gasteiger partial charge in [-0.15, -0.1) is 0 Å². The lowest BCUT2D eigenvalue weighted by molar-refractivity contribution is -0.137. The predicted molar refractivity (Wildman–Crippen MR) is 207 cm³/mol. The molecule has 8 nitrogen and oxygen atoms in total. The maximum atomic E-state index is 14.8. The third kappa shape index (κ3) is 10.2. The summed E-state index contributed by atoms with van der Waals surface area (Å²) < 4.78 is 26.1. The van der Waals surface area contributed by atoms with Crippen molar-refractivity contribution in [2.75, 3.05) is 52.4 Å². The number of rotatable bonds is 13. The van der Waals surface area contributed by atoms with Gasteiger partial charge in [0.15, 0.2) is 0 Å². The van der Waals surface area contributed by atoms with Gasteiger partial charge in [0.1, 0.15) is 24.2 Å². The van der Waals surface area contributed by atoms with E-state index in [1.807, 2.05) is 48.2 Å². The van der Waals surface area contributed by atoms with Crippen molar-refractivity contribution in [3.63, 3.8) is 0 Å². The number of likely N-dealkylation sites (tertiary alicyclic amines) is 1. The highest BCUT2D eigenvalue weighted by Crippen LogP contribution is 2.31. The van der Waals surface area contributed by atoms with E-state index < -0.39 is 12.1 Å². The van der Waals surface area contributed by atoms with Gasteiger partial charge in [-0.2, -0.15) is 0 Å². The molecule has 10 heteroatoms. The van der Waals surface area contributed by atoms with Crippen LogP contribution in [-0.2, 0) is 29.1 Å². The molecule has 1 atom stereocenters. The number of nitrogens with one attached hydrogen (secondary N) is 1. The van der Waals surface area contributed by atoms with E-state index >= 15 is 0 Å². The molecule has 0 aliphatic carbocycles. The zero-order valence-corrected chi connectivity index (χ0v) is 31.5. The van der Waals surface area contributed by atoms with Crippen LogP contribution in [0, 0.1) is 18.7 Å². The number of piperidine rings is 1. The van der Waals surface area contributed by atoms with Gasteiger partial charge in [-0.05, 0) is 104 Å². The lowest BCUT2D eigenvalue weighted by Crippen LogP contribution is -2.58. The summed E-state index contributed by atoms with van der Waals surface area (Å²) in [6, 6.07) is 28.3. The summed E-state index contributed by atoms with van der Waals surface area (Å²) in [6.07, 6.45) is 1.79. The van der Waals surface area contributed by atoms with Gasteiger partial charge in [-0.25, -0.2) is 9.18 Å². The van der Waals surface area contributed by atoms with Gasteiger partial charge in [0.05, 0.1) is 6.61 Å². The summed E-state index contributed by atoms with van der Waals surface area (Å²) in [6.45, 7) is 9.62. The van der Waals surface area contributed by atoms with Gasteiger partial charge in [0.25, 0.3) is 0 Å². The Morgan fingerprint density at radius 3 is 2.34 bits per heavy atom. The smallest absolute Gasteiger partial charge is 0.408 e. The molecule has 2 saturated heterocycles. The van der Waals surface area contributed by atoms with Gasteiger partial charge >= 0.3 is 6.09 Å². The number of hydrogen-bond donors (Lipinski definition) is 1. The van der Waals surface area contributed by atoms with Crippen LogP contribution in [0.15, 0.2) is 91.0 Å². The van der Waals surface area contributed by atoms with E-state index in [0.717, 1.165) is 49.5 Å². The molecule has 0 saturated carbocycles. The van der Waals surface area contributed by atoms with E-state index in [2.05, 4.69) is 58.4 Å². The fourth-order valence-corrected chi connectivity index (χ4v) is 7.69. The van der Waals surface area contributed by atoms with Gasteiger partial charge in [-0.3, -0.25) is 9.69 Å². The topological polar surface area (TPSA) is 74.3 Å². The molecule has 0 spiro atoms. The first kappa shape index (κ1) is 38.3. The summed E-state index contributed by atoms with van der Waals surface area (Å²) in [5.74, 6) is 0.123. The fourth-order valence-electron chi connectivity index (χ4n) is 7.50. The maximum absolute atomic E-state index is 14.8. The van der Waals surface area contributed by atoms with Crippen molar-refractivity contribution in [2.24, 2.45) is 5.92 Å². The Morgan fingerprint density at radius 1 is 0.868 bits per heavy atom. The van der Waals surface area contributed by atoms with Crippen LogP contribution in [0.4, 0.5) is 9.18 Å². The van der Waals surface area contributed by atoms with Crippen molar-refractivity contribution in [1.29, 1.82) is 0 Å². The lowest BCUT2D eigenvalue weighted by atomic mass is 9.88. The first-order valence-corrected chi connectivity index (χ1v) is 19.1. The summed E-state index contributed by atoms with van der Waals surface area (Å²) >= 11 is 6.46. The van der Waals surface area contributed by atoms with Crippen molar-refractivity contribution in [3.8, 4) is 16.9 Å². The molecule has 0 radical (unpaired) electrons. The Bertz CT molecular complexity index is 1830. The first-order valence-electron chi connectivity index (χ1n) is 18.7. The number of ether oxygens (including phenoxy) is 2. The number of carbonyl (C=O) groups excluding carboxylic acids is 2. The molecule has 2 aliphatic heterocycles. The Morgan fingerprint density at radius 2 is 1.60 bits per heavy atom. The van der Waals surface area contributed by atoms with Gasteiger partial charge < -0.3 is 24.6 Å². The van der Waals surface area contributed by atoms with Crippen LogP contribution in [0.5, 0.6) is 5.75 Å². The maximum Gasteiger partial charge on any atom is 0.408 e. The molecular weight excluding hydrogens is 691 g/mol. The summed E-state index contributed by atoms with van der Waals surface area (Å²) in [7, 11) is 0. The Balaban J connectivity index is 1.08. The average Bonchev–Trinajstić information content (AvgIpc) is 3.18. The molecule has 2 heterocycles. The normalized spacial score (nSPS) is 16.3. The zero-order chi connectivity index (χ0) is 37.2. The third-order valence-electron chi connectivity index (χ3n) is 10.5. The molecule has 2 fully saturated rings. The van der Waals surface area contributed by atoms with E-state index in [0.29, 0.717) is 50.6 Å².